The van der Waals surface area contributed by atoms with Crippen LogP contribution in [-0.4, -0.2) is 29.2 Å². The Balaban J connectivity index is 1.50. The number of piperidine rings is 1. The van der Waals surface area contributed by atoms with Gasteiger partial charge in [0.1, 0.15) is 0 Å². The highest BCUT2D eigenvalue weighted by molar-refractivity contribution is 6.29. The van der Waals surface area contributed by atoms with Crippen molar-refractivity contribution in [1.82, 2.24) is 15.5 Å². The molecule has 2 heterocycles. The smallest absolute Gasteiger partial charge is 0.225 e. The number of carbonyl (C=O) groups excluding carboxylic acids is 1. The Hall–Kier alpha value is -2.92. The normalized spacial score (nSPS) is 16.6. The van der Waals surface area contributed by atoms with E-state index in [-0.39, 0.29) is 17.9 Å². The maximum absolute atomic E-state index is 13.2. The molecule has 0 unspecified atom stereocenters. The van der Waals surface area contributed by atoms with Gasteiger partial charge in [-0.1, -0.05) is 72.3 Å². The number of nitrogens with one attached hydrogen (secondary N) is 1. The minimum Gasteiger partial charge on any atom is -0.354 e. The molecule has 5 nitrogen and oxygen atoms in total. The van der Waals surface area contributed by atoms with Gasteiger partial charge in [0.15, 0.2) is 11.0 Å². The Bertz CT molecular complexity index is 895. The molecule has 1 amide bonds. The molecular weight excluding hydrogens is 384 g/mol. The van der Waals surface area contributed by atoms with Crippen molar-refractivity contribution in [1.29, 1.82) is 0 Å². The average Bonchev–Trinajstić information content (AvgIpc) is 2.79. The van der Waals surface area contributed by atoms with Gasteiger partial charge in [0.05, 0.1) is 12.0 Å². The van der Waals surface area contributed by atoms with Crippen LogP contribution in [0.5, 0.6) is 0 Å². The summed E-state index contributed by atoms with van der Waals surface area (Å²) in [7, 11) is 0. The summed E-state index contributed by atoms with van der Waals surface area (Å²) >= 11 is 5.85. The zero-order valence-corrected chi connectivity index (χ0v) is 16.8. The first-order chi connectivity index (χ1) is 14.2. The van der Waals surface area contributed by atoms with Crippen LogP contribution >= 0.6 is 11.6 Å². The summed E-state index contributed by atoms with van der Waals surface area (Å²) in [6, 6.07) is 23.6. The molecule has 1 N–H and O–H groups in total. The molecular formula is C23H23ClN4O. The predicted molar refractivity (Wildman–Crippen MR) is 115 cm³/mol. The molecule has 29 heavy (non-hydrogen) atoms. The van der Waals surface area contributed by atoms with E-state index in [2.05, 4.69) is 44.7 Å². The van der Waals surface area contributed by atoms with Crippen molar-refractivity contribution >= 4 is 23.3 Å². The lowest BCUT2D eigenvalue weighted by Gasteiger charge is -2.33. The Kier molecular flexibility index (Phi) is 6.06. The molecule has 0 bridgehead atoms. The molecule has 1 aliphatic rings. The van der Waals surface area contributed by atoms with Crippen LogP contribution in [-0.2, 0) is 4.79 Å². The first-order valence-corrected chi connectivity index (χ1v) is 10.2. The van der Waals surface area contributed by atoms with Crippen LogP contribution in [0.25, 0.3) is 0 Å². The molecule has 1 fully saturated rings. The molecule has 3 aromatic rings. The van der Waals surface area contributed by atoms with Gasteiger partial charge in [0.2, 0.25) is 5.91 Å². The number of aromatic nitrogens is 2. The SMILES string of the molecule is O=C(NC(c1ccccc1)c1ccccc1)[C@H]1CCCN(c2ccc(Cl)nn2)C1. The van der Waals surface area contributed by atoms with Gasteiger partial charge in [-0.05, 0) is 36.1 Å². The van der Waals surface area contributed by atoms with Crippen LogP contribution in [0.2, 0.25) is 5.15 Å². The average molecular weight is 407 g/mol. The van der Waals surface area contributed by atoms with Gasteiger partial charge >= 0.3 is 0 Å². The Labute approximate surface area is 175 Å². The number of nitrogens with zero attached hydrogens (tertiary/aromatic N) is 3. The number of carbonyl (C=O) groups is 1. The number of rotatable bonds is 5. The fourth-order valence-corrected chi connectivity index (χ4v) is 3.89. The molecule has 0 radical (unpaired) electrons. The fourth-order valence-electron chi connectivity index (χ4n) is 3.79. The van der Waals surface area contributed by atoms with E-state index in [1.54, 1.807) is 6.07 Å². The van der Waals surface area contributed by atoms with Gasteiger partial charge in [-0.25, -0.2) is 0 Å². The number of benzene rings is 2. The molecule has 4 rings (SSSR count). The zero-order valence-electron chi connectivity index (χ0n) is 16.0. The van der Waals surface area contributed by atoms with Crippen molar-refractivity contribution in [2.24, 2.45) is 5.92 Å². The number of amides is 1. The van der Waals surface area contributed by atoms with Crippen molar-refractivity contribution < 1.29 is 4.79 Å². The molecule has 1 aromatic heterocycles. The molecule has 0 saturated carbocycles. The van der Waals surface area contributed by atoms with Gasteiger partial charge in [0.25, 0.3) is 0 Å². The molecule has 1 atom stereocenters. The fraction of sp³-hybridized carbons (Fsp3) is 0.261. The lowest BCUT2D eigenvalue weighted by Crippen LogP contribution is -2.44. The maximum Gasteiger partial charge on any atom is 0.225 e. The molecule has 0 aliphatic carbocycles. The number of halogens is 1. The summed E-state index contributed by atoms with van der Waals surface area (Å²) in [5.41, 5.74) is 2.14. The summed E-state index contributed by atoms with van der Waals surface area (Å²) in [5, 5.41) is 11.7. The quantitative estimate of drug-likeness (QED) is 0.688. The van der Waals surface area contributed by atoms with Gasteiger partial charge < -0.3 is 10.2 Å². The number of anilines is 1. The van der Waals surface area contributed by atoms with Crippen LogP contribution in [0.4, 0.5) is 5.82 Å². The van der Waals surface area contributed by atoms with Crippen LogP contribution in [0, 0.1) is 5.92 Å². The second-order valence-electron chi connectivity index (χ2n) is 7.26. The predicted octanol–water partition coefficient (Wildman–Crippen LogP) is 4.25. The van der Waals surface area contributed by atoms with Crippen molar-refractivity contribution in [2.75, 3.05) is 18.0 Å². The molecule has 148 valence electrons. The van der Waals surface area contributed by atoms with Gasteiger partial charge in [-0.3, -0.25) is 4.79 Å². The van der Waals surface area contributed by atoms with Crippen molar-refractivity contribution in [3.05, 3.63) is 89.1 Å². The number of hydrogen-bond donors (Lipinski definition) is 1. The first kappa shape index (κ1) is 19.4. The number of hydrogen-bond acceptors (Lipinski definition) is 4. The van der Waals surface area contributed by atoms with E-state index in [0.717, 1.165) is 36.3 Å². The van der Waals surface area contributed by atoms with Gasteiger partial charge in [0, 0.05) is 13.1 Å². The summed E-state index contributed by atoms with van der Waals surface area (Å²) in [6.07, 6.45) is 1.80. The van der Waals surface area contributed by atoms with E-state index >= 15 is 0 Å². The van der Waals surface area contributed by atoms with Crippen LogP contribution in [0.15, 0.2) is 72.8 Å². The maximum atomic E-state index is 13.2. The Morgan fingerprint density at radius 3 is 2.21 bits per heavy atom. The van der Waals surface area contributed by atoms with E-state index in [0.29, 0.717) is 11.7 Å². The molecule has 1 aliphatic heterocycles. The summed E-state index contributed by atoms with van der Waals surface area (Å²) in [5.74, 6) is 0.722. The third-order valence-corrected chi connectivity index (χ3v) is 5.49. The van der Waals surface area contributed by atoms with Gasteiger partial charge in [-0.15, -0.1) is 10.2 Å². The van der Waals surface area contributed by atoms with Crippen molar-refractivity contribution in [2.45, 2.75) is 18.9 Å². The van der Waals surface area contributed by atoms with Crippen LogP contribution in [0.1, 0.15) is 30.0 Å². The second kappa shape index (κ2) is 9.05. The van der Waals surface area contributed by atoms with Crippen LogP contribution < -0.4 is 10.2 Å². The zero-order chi connectivity index (χ0) is 20.1. The highest BCUT2D eigenvalue weighted by atomic mass is 35.5. The van der Waals surface area contributed by atoms with Gasteiger partial charge in [-0.2, -0.15) is 0 Å². The van der Waals surface area contributed by atoms with E-state index in [1.165, 1.54) is 0 Å². The highest BCUT2D eigenvalue weighted by Gasteiger charge is 2.28. The Morgan fingerprint density at radius 1 is 0.966 bits per heavy atom. The topological polar surface area (TPSA) is 58.1 Å². The summed E-state index contributed by atoms with van der Waals surface area (Å²) in [6.45, 7) is 1.49. The largest absolute Gasteiger partial charge is 0.354 e. The second-order valence-corrected chi connectivity index (χ2v) is 7.65. The minimum atomic E-state index is -0.171. The van der Waals surface area contributed by atoms with E-state index in [9.17, 15) is 4.79 Å². The lowest BCUT2D eigenvalue weighted by atomic mass is 9.94. The Morgan fingerprint density at radius 2 is 1.62 bits per heavy atom. The summed E-state index contributed by atoms with van der Waals surface area (Å²) in [4.78, 5) is 15.3. The highest BCUT2D eigenvalue weighted by Crippen LogP contribution is 2.25. The molecule has 2 aromatic carbocycles. The van der Waals surface area contributed by atoms with Crippen LogP contribution in [0.3, 0.4) is 0 Å². The van der Waals surface area contributed by atoms with E-state index < -0.39 is 0 Å². The third kappa shape index (κ3) is 4.74. The van der Waals surface area contributed by atoms with Crippen molar-refractivity contribution in [3.8, 4) is 0 Å². The first-order valence-electron chi connectivity index (χ1n) is 9.85. The lowest BCUT2D eigenvalue weighted by molar-refractivity contribution is -0.125. The molecule has 6 heteroatoms. The minimum absolute atomic E-state index is 0.0642. The molecule has 1 saturated heterocycles. The third-order valence-electron chi connectivity index (χ3n) is 5.29. The van der Waals surface area contributed by atoms with E-state index in [1.807, 2.05) is 42.5 Å². The monoisotopic (exact) mass is 406 g/mol. The standard InChI is InChI=1S/C23H23ClN4O/c24-20-13-14-21(27-26-20)28-15-7-12-19(16-28)23(29)25-22(17-8-3-1-4-9-17)18-10-5-2-6-11-18/h1-6,8-11,13-14,19,22H,7,12,15-16H2,(H,25,29)/t19-/m0/s1. The van der Waals surface area contributed by atoms with E-state index in [4.69, 9.17) is 11.6 Å². The summed E-state index contributed by atoms with van der Waals surface area (Å²) < 4.78 is 0. The van der Waals surface area contributed by atoms with Crippen molar-refractivity contribution in [3.63, 3.8) is 0 Å². The molecule has 0 spiro atoms.